The van der Waals surface area contributed by atoms with E-state index in [0.29, 0.717) is 24.5 Å². The van der Waals surface area contributed by atoms with E-state index < -0.39 is 10.9 Å². The lowest BCUT2D eigenvalue weighted by atomic mass is 10.1. The Balaban J connectivity index is 2.40. The Morgan fingerprint density at radius 1 is 1.43 bits per heavy atom. The molecule has 7 nitrogen and oxygen atoms in total. The van der Waals surface area contributed by atoms with E-state index in [4.69, 9.17) is 4.42 Å². The van der Waals surface area contributed by atoms with E-state index in [1.807, 2.05) is 6.92 Å². The number of nitro groups is 1. The summed E-state index contributed by atoms with van der Waals surface area (Å²) in [5.41, 5.74) is 0.0785. The summed E-state index contributed by atoms with van der Waals surface area (Å²) in [6, 6.07) is 7.36. The Hall–Kier alpha value is -2.83. The summed E-state index contributed by atoms with van der Waals surface area (Å²) >= 11 is 0. The average molecular weight is 290 g/mol. The molecule has 0 aliphatic rings. The van der Waals surface area contributed by atoms with Crippen LogP contribution in [-0.4, -0.2) is 22.5 Å². The zero-order valence-electron chi connectivity index (χ0n) is 11.4. The predicted octanol–water partition coefficient (Wildman–Crippen LogP) is 2.91. The van der Waals surface area contributed by atoms with Crippen LogP contribution in [-0.2, 0) is 6.54 Å². The van der Waals surface area contributed by atoms with Crippen LogP contribution in [0, 0.1) is 10.1 Å². The molecule has 0 saturated carbocycles. The maximum Gasteiger partial charge on any atom is 0.338 e. The van der Waals surface area contributed by atoms with E-state index in [-0.39, 0.29) is 11.3 Å². The zero-order valence-corrected chi connectivity index (χ0v) is 11.4. The Labute approximate surface area is 120 Å². The van der Waals surface area contributed by atoms with Gasteiger partial charge in [-0.1, -0.05) is 0 Å². The number of nitro benzene ring substituents is 1. The van der Waals surface area contributed by atoms with Gasteiger partial charge in [-0.15, -0.1) is 0 Å². The van der Waals surface area contributed by atoms with Crippen LogP contribution in [0.25, 0.3) is 0 Å². The van der Waals surface area contributed by atoms with Gasteiger partial charge in [0.05, 0.1) is 29.0 Å². The van der Waals surface area contributed by atoms with Gasteiger partial charge in [0.1, 0.15) is 5.76 Å². The maximum absolute atomic E-state index is 11.3. The Kier molecular flexibility index (Phi) is 4.22. The summed E-state index contributed by atoms with van der Waals surface area (Å²) in [5.74, 6) is -0.516. The van der Waals surface area contributed by atoms with Crippen molar-refractivity contribution in [3.63, 3.8) is 0 Å². The highest BCUT2D eigenvalue weighted by Gasteiger charge is 2.20. The molecule has 1 N–H and O–H groups in total. The second-order valence-electron chi connectivity index (χ2n) is 4.36. The molecule has 2 rings (SSSR count). The second kappa shape index (κ2) is 6.08. The standard InChI is InChI=1S/C14H14N2O5/c1-2-15(9-11-4-3-7-21-11)13-6-5-10(16(19)20)8-12(13)14(17)18/h3-8H,2,9H2,1H3,(H,17,18). The molecular weight excluding hydrogens is 276 g/mol. The molecule has 7 heteroatoms. The first-order chi connectivity index (χ1) is 10.0. The monoisotopic (exact) mass is 290 g/mol. The number of hydrogen-bond acceptors (Lipinski definition) is 5. The molecule has 2 aromatic rings. The summed E-state index contributed by atoms with van der Waals surface area (Å²) < 4.78 is 5.25. The number of furan rings is 1. The van der Waals surface area contributed by atoms with Crippen molar-refractivity contribution in [1.82, 2.24) is 0 Å². The zero-order chi connectivity index (χ0) is 15.4. The lowest BCUT2D eigenvalue weighted by Gasteiger charge is -2.23. The molecule has 0 fully saturated rings. The average Bonchev–Trinajstić information content (AvgIpc) is 2.97. The fraction of sp³-hybridized carbons (Fsp3) is 0.214. The van der Waals surface area contributed by atoms with Crippen LogP contribution < -0.4 is 4.90 Å². The molecule has 0 aliphatic heterocycles. The van der Waals surface area contributed by atoms with E-state index in [2.05, 4.69) is 0 Å². The summed E-state index contributed by atoms with van der Waals surface area (Å²) in [7, 11) is 0. The third-order valence-corrected chi connectivity index (χ3v) is 3.07. The molecule has 0 saturated heterocycles. The van der Waals surface area contributed by atoms with E-state index in [1.165, 1.54) is 18.4 Å². The van der Waals surface area contributed by atoms with Crippen molar-refractivity contribution >= 4 is 17.3 Å². The smallest absolute Gasteiger partial charge is 0.338 e. The summed E-state index contributed by atoms with van der Waals surface area (Å²) in [6.07, 6.45) is 1.54. The van der Waals surface area contributed by atoms with Crippen LogP contribution in [0.5, 0.6) is 0 Å². The van der Waals surface area contributed by atoms with Gasteiger partial charge in [0.2, 0.25) is 0 Å². The first-order valence-electron chi connectivity index (χ1n) is 6.32. The van der Waals surface area contributed by atoms with E-state index in [1.54, 1.807) is 17.0 Å². The van der Waals surface area contributed by atoms with Crippen LogP contribution in [0.4, 0.5) is 11.4 Å². The maximum atomic E-state index is 11.3. The number of aromatic carboxylic acids is 1. The number of carboxylic acid groups (broad SMARTS) is 1. The third-order valence-electron chi connectivity index (χ3n) is 3.07. The number of benzene rings is 1. The van der Waals surface area contributed by atoms with Crippen molar-refractivity contribution < 1.29 is 19.2 Å². The van der Waals surface area contributed by atoms with Gasteiger partial charge in [-0.25, -0.2) is 4.79 Å². The number of hydrogen-bond donors (Lipinski definition) is 1. The van der Waals surface area contributed by atoms with E-state index in [9.17, 15) is 20.0 Å². The Morgan fingerprint density at radius 2 is 2.19 bits per heavy atom. The van der Waals surface area contributed by atoms with Gasteiger partial charge in [-0.05, 0) is 25.1 Å². The number of rotatable bonds is 6. The van der Waals surface area contributed by atoms with E-state index in [0.717, 1.165) is 6.07 Å². The molecular formula is C14H14N2O5. The lowest BCUT2D eigenvalue weighted by Crippen LogP contribution is -2.24. The molecule has 0 aliphatic carbocycles. The first-order valence-corrected chi connectivity index (χ1v) is 6.32. The van der Waals surface area contributed by atoms with Crippen molar-refractivity contribution in [2.75, 3.05) is 11.4 Å². The predicted molar refractivity (Wildman–Crippen MR) is 75.5 cm³/mol. The molecule has 0 atom stereocenters. The minimum absolute atomic E-state index is 0.0994. The highest BCUT2D eigenvalue weighted by Crippen LogP contribution is 2.27. The van der Waals surface area contributed by atoms with Crippen molar-refractivity contribution in [3.05, 3.63) is 58.0 Å². The molecule has 1 heterocycles. The van der Waals surface area contributed by atoms with Crippen molar-refractivity contribution in [3.8, 4) is 0 Å². The van der Waals surface area contributed by atoms with Gasteiger partial charge >= 0.3 is 5.97 Å². The van der Waals surface area contributed by atoms with Crippen LogP contribution in [0.1, 0.15) is 23.0 Å². The molecule has 21 heavy (non-hydrogen) atoms. The second-order valence-corrected chi connectivity index (χ2v) is 4.36. The van der Waals surface area contributed by atoms with Gasteiger partial charge < -0.3 is 14.4 Å². The SMILES string of the molecule is CCN(Cc1ccco1)c1ccc([N+](=O)[O-])cc1C(=O)O. The number of carbonyl (C=O) groups is 1. The molecule has 0 bridgehead atoms. The molecule has 1 aromatic carbocycles. The molecule has 1 aromatic heterocycles. The van der Waals surface area contributed by atoms with E-state index >= 15 is 0 Å². The summed E-state index contributed by atoms with van der Waals surface area (Å²) in [4.78, 5) is 23.3. The molecule has 0 spiro atoms. The van der Waals surface area contributed by atoms with Crippen LogP contribution >= 0.6 is 0 Å². The first kappa shape index (κ1) is 14.6. The number of carboxylic acids is 1. The van der Waals surface area contributed by atoms with Gasteiger partial charge in [0.15, 0.2) is 0 Å². The molecule has 0 amide bonds. The highest BCUT2D eigenvalue weighted by atomic mass is 16.6. The van der Waals surface area contributed by atoms with Gasteiger partial charge in [0.25, 0.3) is 5.69 Å². The lowest BCUT2D eigenvalue weighted by molar-refractivity contribution is -0.384. The topological polar surface area (TPSA) is 96.8 Å². The van der Waals surface area contributed by atoms with Crippen LogP contribution in [0.2, 0.25) is 0 Å². The van der Waals surface area contributed by atoms with Gasteiger partial charge in [-0.2, -0.15) is 0 Å². The molecule has 0 radical (unpaired) electrons. The van der Waals surface area contributed by atoms with Crippen molar-refractivity contribution in [2.24, 2.45) is 0 Å². The fourth-order valence-corrected chi connectivity index (χ4v) is 2.04. The minimum atomic E-state index is -1.20. The van der Waals surface area contributed by atoms with Gasteiger partial charge in [0, 0.05) is 18.7 Å². The number of anilines is 1. The normalized spacial score (nSPS) is 10.3. The van der Waals surface area contributed by atoms with Crippen molar-refractivity contribution in [1.29, 1.82) is 0 Å². The van der Waals surface area contributed by atoms with Crippen molar-refractivity contribution in [2.45, 2.75) is 13.5 Å². The molecule has 0 unspecified atom stereocenters. The highest BCUT2D eigenvalue weighted by molar-refractivity contribution is 5.95. The summed E-state index contributed by atoms with van der Waals surface area (Å²) in [5, 5.41) is 20.0. The van der Waals surface area contributed by atoms with Crippen LogP contribution in [0.3, 0.4) is 0 Å². The number of nitrogens with zero attached hydrogens (tertiary/aromatic N) is 2. The minimum Gasteiger partial charge on any atom is -0.478 e. The largest absolute Gasteiger partial charge is 0.478 e. The third kappa shape index (κ3) is 3.19. The molecule has 110 valence electrons. The number of non-ortho nitro benzene ring substituents is 1. The van der Waals surface area contributed by atoms with Crippen LogP contribution in [0.15, 0.2) is 41.0 Å². The summed E-state index contributed by atoms with van der Waals surface area (Å²) in [6.45, 7) is 2.80. The fourth-order valence-electron chi connectivity index (χ4n) is 2.04. The quantitative estimate of drug-likeness (QED) is 0.649. The Morgan fingerprint density at radius 3 is 2.71 bits per heavy atom. The van der Waals surface area contributed by atoms with Gasteiger partial charge in [-0.3, -0.25) is 10.1 Å². The Bertz CT molecular complexity index is 651.